The molecular weight excluding hydrogens is 268 g/mol. The highest BCUT2D eigenvalue weighted by molar-refractivity contribution is 5.96. The molecule has 1 amide bonds. The maximum Gasteiger partial charge on any atom is 0.276 e. The Kier molecular flexibility index (Phi) is 4.47. The van der Waals surface area contributed by atoms with Crippen molar-refractivity contribution in [3.05, 3.63) is 41.7 Å². The van der Waals surface area contributed by atoms with Gasteiger partial charge in [0.1, 0.15) is 5.75 Å². The summed E-state index contributed by atoms with van der Waals surface area (Å²) in [6.07, 6.45) is 1.68. The summed E-state index contributed by atoms with van der Waals surface area (Å²) in [7, 11) is 3.36. The second-order valence-electron chi connectivity index (χ2n) is 4.80. The number of carbonyl (C=O) groups excluding carboxylic acids is 1. The van der Waals surface area contributed by atoms with Gasteiger partial charge in [-0.25, -0.2) is 0 Å². The van der Waals surface area contributed by atoms with Crippen molar-refractivity contribution in [2.45, 2.75) is 20.0 Å². The van der Waals surface area contributed by atoms with E-state index in [1.807, 2.05) is 31.2 Å². The molecule has 0 fully saturated rings. The third kappa shape index (κ3) is 3.34. The minimum absolute atomic E-state index is 0.185. The summed E-state index contributed by atoms with van der Waals surface area (Å²) < 4.78 is 6.77. The van der Waals surface area contributed by atoms with E-state index in [1.54, 1.807) is 29.9 Å². The lowest BCUT2D eigenvalue weighted by Crippen LogP contribution is -2.27. The van der Waals surface area contributed by atoms with Crippen LogP contribution >= 0.6 is 0 Å². The lowest BCUT2D eigenvalue weighted by atomic mass is 10.2. The highest BCUT2D eigenvalue weighted by Crippen LogP contribution is 2.15. The quantitative estimate of drug-likeness (QED) is 0.910. The summed E-state index contributed by atoms with van der Waals surface area (Å²) in [5.41, 5.74) is 7.56. The van der Waals surface area contributed by atoms with Gasteiger partial charge in [-0.3, -0.25) is 9.48 Å². The van der Waals surface area contributed by atoms with E-state index in [-0.39, 0.29) is 5.91 Å². The van der Waals surface area contributed by atoms with Crippen LogP contribution in [0.3, 0.4) is 0 Å². The zero-order valence-corrected chi connectivity index (χ0v) is 12.5. The van der Waals surface area contributed by atoms with Gasteiger partial charge in [0.2, 0.25) is 0 Å². The molecule has 0 bridgehead atoms. The number of benzene rings is 1. The fourth-order valence-corrected chi connectivity index (χ4v) is 2.02. The second kappa shape index (κ2) is 6.30. The van der Waals surface area contributed by atoms with E-state index >= 15 is 0 Å². The SMILES string of the molecule is CCn1cc(N)c(C(=O)N(C)Cc2ccc(OC)cc2)n1. The first kappa shape index (κ1) is 14.9. The zero-order valence-electron chi connectivity index (χ0n) is 12.5. The Morgan fingerprint density at radius 2 is 2.05 bits per heavy atom. The van der Waals surface area contributed by atoms with Crippen LogP contribution < -0.4 is 10.5 Å². The minimum Gasteiger partial charge on any atom is -0.497 e. The number of aromatic nitrogens is 2. The first-order valence-electron chi connectivity index (χ1n) is 6.76. The van der Waals surface area contributed by atoms with Gasteiger partial charge in [-0.15, -0.1) is 0 Å². The van der Waals surface area contributed by atoms with Crippen LogP contribution in [0.2, 0.25) is 0 Å². The number of nitrogen functional groups attached to an aromatic ring is 1. The average Bonchev–Trinajstić information content (AvgIpc) is 2.88. The number of rotatable bonds is 5. The van der Waals surface area contributed by atoms with Crippen molar-refractivity contribution in [3.63, 3.8) is 0 Å². The molecule has 2 N–H and O–H groups in total. The molecular formula is C15H20N4O2. The Bertz CT molecular complexity index is 619. The van der Waals surface area contributed by atoms with Crippen LogP contribution in [-0.4, -0.2) is 34.7 Å². The van der Waals surface area contributed by atoms with Gasteiger partial charge in [-0.2, -0.15) is 5.10 Å². The molecule has 0 aliphatic heterocycles. The van der Waals surface area contributed by atoms with Crippen molar-refractivity contribution < 1.29 is 9.53 Å². The lowest BCUT2D eigenvalue weighted by Gasteiger charge is -2.16. The van der Waals surface area contributed by atoms with Crippen molar-refractivity contribution in [2.24, 2.45) is 0 Å². The molecule has 0 aliphatic carbocycles. The molecule has 0 aliphatic rings. The average molecular weight is 288 g/mol. The number of hydrogen-bond donors (Lipinski definition) is 1. The standard InChI is InChI=1S/C15H20N4O2/c1-4-19-10-13(16)14(17-19)15(20)18(2)9-11-5-7-12(21-3)8-6-11/h5-8,10H,4,9,16H2,1-3H3. The Labute approximate surface area is 124 Å². The van der Waals surface area contributed by atoms with Gasteiger partial charge in [0.25, 0.3) is 5.91 Å². The van der Waals surface area contributed by atoms with Crippen LogP contribution in [0, 0.1) is 0 Å². The number of nitrogens with two attached hydrogens (primary N) is 1. The normalized spacial score (nSPS) is 10.4. The molecule has 112 valence electrons. The smallest absolute Gasteiger partial charge is 0.276 e. The first-order chi connectivity index (χ1) is 10.0. The Hall–Kier alpha value is -2.50. The molecule has 21 heavy (non-hydrogen) atoms. The number of hydrogen-bond acceptors (Lipinski definition) is 4. The van der Waals surface area contributed by atoms with Crippen molar-refractivity contribution in [1.29, 1.82) is 0 Å². The van der Waals surface area contributed by atoms with Gasteiger partial charge < -0.3 is 15.4 Å². The number of anilines is 1. The van der Waals surface area contributed by atoms with Crippen molar-refractivity contribution in [2.75, 3.05) is 19.9 Å². The third-order valence-corrected chi connectivity index (χ3v) is 3.24. The lowest BCUT2D eigenvalue weighted by molar-refractivity contribution is 0.0779. The van der Waals surface area contributed by atoms with E-state index in [0.29, 0.717) is 24.5 Å². The zero-order chi connectivity index (χ0) is 15.4. The summed E-state index contributed by atoms with van der Waals surface area (Å²) in [6, 6.07) is 7.59. The fraction of sp³-hybridized carbons (Fsp3) is 0.333. The molecule has 0 radical (unpaired) electrons. The highest BCUT2D eigenvalue weighted by Gasteiger charge is 2.18. The van der Waals surface area contributed by atoms with E-state index in [4.69, 9.17) is 10.5 Å². The van der Waals surface area contributed by atoms with E-state index in [9.17, 15) is 4.79 Å². The van der Waals surface area contributed by atoms with Crippen molar-refractivity contribution in [1.82, 2.24) is 14.7 Å². The van der Waals surface area contributed by atoms with Gasteiger partial charge in [-0.05, 0) is 24.6 Å². The number of methoxy groups -OCH3 is 1. The number of nitrogens with zero attached hydrogens (tertiary/aromatic N) is 3. The van der Waals surface area contributed by atoms with Crippen LogP contribution in [-0.2, 0) is 13.1 Å². The predicted molar refractivity (Wildman–Crippen MR) is 81.1 cm³/mol. The molecule has 0 spiro atoms. The molecule has 0 unspecified atom stereocenters. The molecule has 0 saturated heterocycles. The van der Waals surface area contributed by atoms with Crippen LogP contribution in [0.1, 0.15) is 23.0 Å². The Morgan fingerprint density at radius 1 is 1.38 bits per heavy atom. The molecule has 2 rings (SSSR count). The highest BCUT2D eigenvalue weighted by atomic mass is 16.5. The van der Waals surface area contributed by atoms with E-state index < -0.39 is 0 Å². The maximum atomic E-state index is 12.4. The van der Waals surface area contributed by atoms with Gasteiger partial charge in [0, 0.05) is 26.3 Å². The summed E-state index contributed by atoms with van der Waals surface area (Å²) in [6.45, 7) is 3.11. The monoisotopic (exact) mass is 288 g/mol. The molecule has 6 heteroatoms. The van der Waals surface area contributed by atoms with E-state index in [1.165, 1.54) is 0 Å². The predicted octanol–water partition coefficient (Wildman–Crippen LogP) is 1.77. The molecule has 1 aromatic carbocycles. The fourth-order valence-electron chi connectivity index (χ4n) is 2.02. The molecule has 1 aromatic heterocycles. The third-order valence-electron chi connectivity index (χ3n) is 3.24. The van der Waals surface area contributed by atoms with Crippen LogP contribution in [0.15, 0.2) is 30.5 Å². The largest absolute Gasteiger partial charge is 0.497 e. The topological polar surface area (TPSA) is 73.4 Å². The summed E-state index contributed by atoms with van der Waals surface area (Å²) >= 11 is 0. The first-order valence-corrected chi connectivity index (χ1v) is 6.76. The second-order valence-corrected chi connectivity index (χ2v) is 4.80. The van der Waals surface area contributed by atoms with Gasteiger partial charge in [-0.1, -0.05) is 12.1 Å². The Balaban J connectivity index is 2.09. The van der Waals surface area contributed by atoms with E-state index in [2.05, 4.69) is 5.10 Å². The van der Waals surface area contributed by atoms with Gasteiger partial charge in [0.05, 0.1) is 12.8 Å². The summed E-state index contributed by atoms with van der Waals surface area (Å²) in [5.74, 6) is 0.606. The van der Waals surface area contributed by atoms with Gasteiger partial charge in [0.15, 0.2) is 5.69 Å². The number of amides is 1. The van der Waals surface area contributed by atoms with Crippen LogP contribution in [0.25, 0.3) is 0 Å². The number of carbonyl (C=O) groups is 1. The summed E-state index contributed by atoms with van der Waals surface area (Å²) in [5, 5.41) is 4.20. The Morgan fingerprint density at radius 3 is 2.57 bits per heavy atom. The molecule has 2 aromatic rings. The maximum absolute atomic E-state index is 12.4. The van der Waals surface area contributed by atoms with Gasteiger partial charge >= 0.3 is 0 Å². The number of ether oxygens (including phenoxy) is 1. The molecule has 6 nitrogen and oxygen atoms in total. The van der Waals surface area contributed by atoms with E-state index in [0.717, 1.165) is 11.3 Å². The van der Waals surface area contributed by atoms with Crippen molar-refractivity contribution in [3.8, 4) is 5.75 Å². The van der Waals surface area contributed by atoms with Crippen LogP contribution in [0.4, 0.5) is 5.69 Å². The summed E-state index contributed by atoms with van der Waals surface area (Å²) in [4.78, 5) is 14.0. The minimum atomic E-state index is -0.185. The van der Waals surface area contributed by atoms with Crippen molar-refractivity contribution >= 4 is 11.6 Å². The number of aryl methyl sites for hydroxylation is 1. The van der Waals surface area contributed by atoms with Crippen LogP contribution in [0.5, 0.6) is 5.75 Å². The molecule has 1 heterocycles. The molecule has 0 atom stereocenters. The molecule has 0 saturated carbocycles.